The molecule has 7 heteroatoms. The molecule has 4 rings (SSSR count). The Labute approximate surface area is 162 Å². The fourth-order valence-electron chi connectivity index (χ4n) is 3.79. The Bertz CT molecular complexity index is 958. The van der Waals surface area contributed by atoms with Gasteiger partial charge in [-0.05, 0) is 51.0 Å². The predicted octanol–water partition coefficient (Wildman–Crippen LogP) is 4.84. The molecule has 1 saturated heterocycles. The van der Waals surface area contributed by atoms with Gasteiger partial charge in [-0.1, -0.05) is 23.2 Å². The molecule has 1 atom stereocenters. The first-order chi connectivity index (χ1) is 13.5. The second-order valence-electron chi connectivity index (χ2n) is 7.19. The van der Waals surface area contributed by atoms with Gasteiger partial charge in [0.15, 0.2) is 5.76 Å². The minimum Gasteiger partial charge on any atom is -0.361 e. The molecule has 0 aliphatic carbocycles. The maximum absolute atomic E-state index is 13.3. The summed E-state index contributed by atoms with van der Waals surface area (Å²) in [4.78, 5) is 15.1. The summed E-state index contributed by atoms with van der Waals surface area (Å²) in [6, 6.07) is 7.74. The van der Waals surface area contributed by atoms with Gasteiger partial charge in [-0.2, -0.15) is 0 Å². The van der Waals surface area contributed by atoms with Crippen LogP contribution in [0.5, 0.6) is 0 Å². The van der Waals surface area contributed by atoms with Crippen LogP contribution in [-0.4, -0.2) is 27.7 Å². The third-order valence-electron chi connectivity index (χ3n) is 5.26. The highest BCUT2D eigenvalue weighted by atomic mass is 19.1. The second kappa shape index (κ2) is 7.58. The largest absolute Gasteiger partial charge is 0.361 e. The quantitative estimate of drug-likeness (QED) is 0.647. The van der Waals surface area contributed by atoms with E-state index in [2.05, 4.69) is 10.3 Å². The van der Waals surface area contributed by atoms with Crippen molar-refractivity contribution in [1.82, 2.24) is 15.2 Å². The zero-order valence-electron chi connectivity index (χ0n) is 15.9. The monoisotopic (exact) mass is 383 g/mol. The smallest absolute Gasteiger partial charge is 0.259 e. The molecular weight excluding hydrogens is 361 g/mol. The van der Waals surface area contributed by atoms with Gasteiger partial charge in [-0.3, -0.25) is 4.79 Å². The number of carbonyl (C=O) groups is 1. The number of rotatable bonds is 3. The number of nitrogens with zero attached hydrogens (tertiary/aromatic N) is 3. The zero-order valence-corrected chi connectivity index (χ0v) is 15.9. The van der Waals surface area contributed by atoms with Crippen LogP contribution in [0.2, 0.25) is 0 Å². The van der Waals surface area contributed by atoms with Crippen LogP contribution in [0.15, 0.2) is 39.4 Å². The van der Waals surface area contributed by atoms with Crippen LogP contribution in [0.25, 0.3) is 11.3 Å². The van der Waals surface area contributed by atoms with Crippen molar-refractivity contribution < 1.29 is 18.2 Å². The van der Waals surface area contributed by atoms with Crippen LogP contribution in [0.3, 0.4) is 0 Å². The predicted molar refractivity (Wildman–Crippen MR) is 100 cm³/mol. The molecule has 1 aliphatic heterocycles. The minimum absolute atomic E-state index is 0.0884. The molecule has 0 spiro atoms. The molecular formula is C21H22FN3O3. The van der Waals surface area contributed by atoms with Gasteiger partial charge in [0.2, 0.25) is 0 Å². The molecule has 0 N–H and O–H groups in total. The van der Waals surface area contributed by atoms with E-state index >= 15 is 0 Å². The van der Waals surface area contributed by atoms with Crippen LogP contribution in [0.4, 0.5) is 4.39 Å². The van der Waals surface area contributed by atoms with Gasteiger partial charge >= 0.3 is 0 Å². The summed E-state index contributed by atoms with van der Waals surface area (Å²) in [5, 5.41) is 8.15. The normalized spacial score (nSPS) is 17.5. The van der Waals surface area contributed by atoms with Crippen LogP contribution in [0, 0.1) is 19.7 Å². The van der Waals surface area contributed by atoms with Gasteiger partial charge in [0.1, 0.15) is 22.8 Å². The average molecular weight is 383 g/mol. The Kier molecular flexibility index (Phi) is 4.98. The van der Waals surface area contributed by atoms with Gasteiger partial charge in [0.05, 0.1) is 11.7 Å². The summed E-state index contributed by atoms with van der Waals surface area (Å²) >= 11 is 0. The summed E-state index contributed by atoms with van der Waals surface area (Å²) in [6.07, 6.45) is 3.82. The maximum Gasteiger partial charge on any atom is 0.259 e. The number of hydrogen-bond donors (Lipinski definition) is 0. The van der Waals surface area contributed by atoms with Crippen molar-refractivity contribution in [3.05, 3.63) is 58.9 Å². The summed E-state index contributed by atoms with van der Waals surface area (Å²) in [7, 11) is 0. The van der Waals surface area contributed by atoms with Gasteiger partial charge in [-0.15, -0.1) is 0 Å². The molecule has 6 nitrogen and oxygen atoms in total. The molecule has 1 amide bonds. The Morgan fingerprint density at radius 1 is 1.11 bits per heavy atom. The first kappa shape index (κ1) is 18.4. The van der Waals surface area contributed by atoms with Crippen molar-refractivity contribution >= 4 is 5.91 Å². The fraction of sp³-hybridized carbons (Fsp3) is 0.381. The van der Waals surface area contributed by atoms with E-state index in [-0.39, 0.29) is 17.8 Å². The Balaban J connectivity index is 1.66. The molecule has 0 bridgehead atoms. The van der Waals surface area contributed by atoms with Crippen LogP contribution >= 0.6 is 0 Å². The first-order valence-electron chi connectivity index (χ1n) is 9.51. The number of likely N-dealkylation sites (tertiary alicyclic amines) is 1. The van der Waals surface area contributed by atoms with Crippen LogP contribution < -0.4 is 0 Å². The van der Waals surface area contributed by atoms with Gasteiger partial charge in [0.25, 0.3) is 5.91 Å². The van der Waals surface area contributed by atoms with E-state index in [0.717, 1.165) is 31.2 Å². The topological polar surface area (TPSA) is 72.4 Å². The molecule has 0 saturated carbocycles. The fourth-order valence-corrected chi connectivity index (χ4v) is 3.79. The lowest BCUT2D eigenvalue weighted by Crippen LogP contribution is -2.35. The van der Waals surface area contributed by atoms with Gasteiger partial charge < -0.3 is 13.9 Å². The lowest BCUT2D eigenvalue weighted by molar-refractivity contribution is 0.0671. The maximum atomic E-state index is 13.3. The average Bonchev–Trinajstić information content (AvgIpc) is 3.21. The van der Waals surface area contributed by atoms with E-state index in [9.17, 15) is 9.18 Å². The molecule has 1 aromatic carbocycles. The molecule has 1 aliphatic rings. The highest BCUT2D eigenvalue weighted by Gasteiger charge is 2.32. The lowest BCUT2D eigenvalue weighted by atomic mass is 10.0. The number of benzene rings is 1. The van der Waals surface area contributed by atoms with E-state index in [4.69, 9.17) is 9.05 Å². The molecule has 0 radical (unpaired) electrons. The van der Waals surface area contributed by atoms with Crippen molar-refractivity contribution in [3.8, 4) is 11.3 Å². The molecule has 2 aromatic heterocycles. The third-order valence-corrected chi connectivity index (χ3v) is 5.26. The SMILES string of the molecule is Cc1noc(C)c1C(=O)N1CCCCC[C@H]1c1cc(-c2ccc(F)cc2)on1. The second-order valence-corrected chi connectivity index (χ2v) is 7.19. The summed E-state index contributed by atoms with van der Waals surface area (Å²) in [5.41, 5.74) is 2.57. The number of amides is 1. The lowest BCUT2D eigenvalue weighted by Gasteiger charge is -2.28. The highest BCUT2D eigenvalue weighted by Crippen LogP contribution is 2.34. The standard InChI is InChI=1S/C21H22FN3O3/c1-13-20(14(2)27-23-13)21(26)25-11-5-3-4-6-18(25)17-12-19(28-24-17)15-7-9-16(22)10-8-15/h7-10,12,18H,3-6,11H2,1-2H3/t18-/m0/s1. The van der Waals surface area contributed by atoms with E-state index in [1.54, 1.807) is 26.0 Å². The Morgan fingerprint density at radius 3 is 2.61 bits per heavy atom. The first-order valence-corrected chi connectivity index (χ1v) is 9.51. The molecule has 3 heterocycles. The summed E-state index contributed by atoms with van der Waals surface area (Å²) < 4.78 is 23.9. The van der Waals surface area contributed by atoms with Crippen LogP contribution in [0.1, 0.15) is 59.2 Å². The molecule has 28 heavy (non-hydrogen) atoms. The molecule has 146 valence electrons. The van der Waals surface area contributed by atoms with Crippen molar-refractivity contribution in [2.75, 3.05) is 6.54 Å². The Hall–Kier alpha value is -2.96. The summed E-state index contributed by atoms with van der Waals surface area (Å²) in [6.45, 7) is 4.18. The number of aryl methyl sites for hydroxylation is 2. The number of hydrogen-bond acceptors (Lipinski definition) is 5. The number of aromatic nitrogens is 2. The summed E-state index contributed by atoms with van der Waals surface area (Å²) in [5.74, 6) is 0.694. The minimum atomic E-state index is -0.302. The van der Waals surface area contributed by atoms with Crippen molar-refractivity contribution in [3.63, 3.8) is 0 Å². The van der Waals surface area contributed by atoms with Crippen LogP contribution in [-0.2, 0) is 0 Å². The van der Waals surface area contributed by atoms with E-state index in [1.807, 2.05) is 11.0 Å². The van der Waals surface area contributed by atoms with Crippen molar-refractivity contribution in [2.45, 2.75) is 45.6 Å². The number of halogens is 1. The molecule has 0 unspecified atom stereocenters. The van der Waals surface area contributed by atoms with Crippen molar-refractivity contribution in [2.24, 2.45) is 0 Å². The highest BCUT2D eigenvalue weighted by molar-refractivity contribution is 5.96. The van der Waals surface area contributed by atoms with Gasteiger partial charge in [0, 0.05) is 18.2 Å². The molecule has 3 aromatic rings. The Morgan fingerprint density at radius 2 is 1.89 bits per heavy atom. The van der Waals surface area contributed by atoms with E-state index < -0.39 is 0 Å². The molecule has 1 fully saturated rings. The third kappa shape index (κ3) is 3.44. The van der Waals surface area contributed by atoms with E-state index in [0.29, 0.717) is 35.0 Å². The van der Waals surface area contributed by atoms with Gasteiger partial charge in [-0.25, -0.2) is 4.39 Å². The van der Waals surface area contributed by atoms with E-state index in [1.165, 1.54) is 12.1 Å². The van der Waals surface area contributed by atoms with Crippen molar-refractivity contribution in [1.29, 1.82) is 0 Å². The zero-order chi connectivity index (χ0) is 19.7. The number of carbonyl (C=O) groups excluding carboxylic acids is 1.